The van der Waals surface area contributed by atoms with E-state index in [4.69, 9.17) is 4.74 Å². The standard InChI is InChI=1S/C21H23NO4/c1-4-19(16-8-6-5-7-9-16)21(25)26-14(2)20(24)17-10-12-18(13-11-17)22-15(3)23/h5-14,19H,4H2,1-3H3,(H,22,23). The summed E-state index contributed by atoms with van der Waals surface area (Å²) in [5, 5.41) is 2.64. The fraction of sp³-hybridized carbons (Fsp3) is 0.286. The van der Waals surface area contributed by atoms with E-state index < -0.39 is 18.0 Å². The molecule has 5 heteroatoms. The number of ether oxygens (including phenoxy) is 1. The second-order valence-electron chi connectivity index (χ2n) is 6.07. The SMILES string of the molecule is CCC(C(=O)OC(C)C(=O)c1ccc(NC(C)=O)cc1)c1ccccc1. The number of hydrogen-bond donors (Lipinski definition) is 1. The quantitative estimate of drug-likeness (QED) is 0.604. The number of esters is 1. The molecule has 0 aliphatic rings. The molecule has 5 nitrogen and oxygen atoms in total. The minimum atomic E-state index is -0.883. The highest BCUT2D eigenvalue weighted by Gasteiger charge is 2.25. The molecule has 26 heavy (non-hydrogen) atoms. The second kappa shape index (κ2) is 8.94. The molecule has 2 rings (SSSR count). The zero-order chi connectivity index (χ0) is 19.1. The topological polar surface area (TPSA) is 72.5 Å². The van der Waals surface area contributed by atoms with Crippen LogP contribution >= 0.6 is 0 Å². The Balaban J connectivity index is 2.03. The molecule has 0 radical (unpaired) electrons. The number of ketones is 1. The van der Waals surface area contributed by atoms with Gasteiger partial charge in [-0.1, -0.05) is 37.3 Å². The molecule has 2 unspecified atom stereocenters. The number of benzene rings is 2. The van der Waals surface area contributed by atoms with Crippen LogP contribution in [0.2, 0.25) is 0 Å². The molecule has 0 bridgehead atoms. The van der Waals surface area contributed by atoms with Crippen LogP contribution in [-0.2, 0) is 14.3 Å². The summed E-state index contributed by atoms with van der Waals surface area (Å²) < 4.78 is 5.41. The molecular weight excluding hydrogens is 330 g/mol. The Morgan fingerprint density at radius 1 is 1.00 bits per heavy atom. The monoisotopic (exact) mass is 353 g/mol. The van der Waals surface area contributed by atoms with Crippen molar-refractivity contribution >= 4 is 23.3 Å². The molecule has 0 spiro atoms. The van der Waals surface area contributed by atoms with E-state index in [2.05, 4.69) is 5.32 Å². The van der Waals surface area contributed by atoms with Crippen molar-refractivity contribution in [3.8, 4) is 0 Å². The number of nitrogens with one attached hydrogen (secondary N) is 1. The lowest BCUT2D eigenvalue weighted by atomic mass is 9.96. The minimum absolute atomic E-state index is 0.183. The third-order valence-electron chi connectivity index (χ3n) is 4.05. The summed E-state index contributed by atoms with van der Waals surface area (Å²) >= 11 is 0. The van der Waals surface area contributed by atoms with Crippen LogP contribution < -0.4 is 5.32 Å². The molecular formula is C21H23NO4. The van der Waals surface area contributed by atoms with Crippen molar-refractivity contribution in [1.29, 1.82) is 0 Å². The molecule has 0 aromatic heterocycles. The van der Waals surface area contributed by atoms with Gasteiger partial charge in [-0.05, 0) is 43.2 Å². The number of hydrogen-bond acceptors (Lipinski definition) is 4. The van der Waals surface area contributed by atoms with Crippen molar-refractivity contribution < 1.29 is 19.1 Å². The highest BCUT2D eigenvalue weighted by Crippen LogP contribution is 2.22. The molecule has 2 aromatic carbocycles. The fourth-order valence-corrected chi connectivity index (χ4v) is 2.69. The van der Waals surface area contributed by atoms with E-state index in [-0.39, 0.29) is 11.7 Å². The molecule has 0 saturated carbocycles. The average Bonchev–Trinajstić information content (AvgIpc) is 2.62. The van der Waals surface area contributed by atoms with E-state index >= 15 is 0 Å². The maximum absolute atomic E-state index is 12.5. The van der Waals surface area contributed by atoms with Gasteiger partial charge < -0.3 is 10.1 Å². The van der Waals surface area contributed by atoms with Gasteiger partial charge >= 0.3 is 5.97 Å². The van der Waals surface area contributed by atoms with Crippen molar-refractivity contribution in [3.63, 3.8) is 0 Å². The molecule has 0 saturated heterocycles. The summed E-state index contributed by atoms with van der Waals surface area (Å²) in [5.74, 6) is -1.27. The summed E-state index contributed by atoms with van der Waals surface area (Å²) in [6.07, 6.45) is -0.290. The first-order valence-electron chi connectivity index (χ1n) is 8.59. The molecule has 1 amide bonds. The average molecular weight is 353 g/mol. The van der Waals surface area contributed by atoms with Crippen molar-refractivity contribution in [3.05, 3.63) is 65.7 Å². The van der Waals surface area contributed by atoms with Gasteiger partial charge in [0.25, 0.3) is 0 Å². The molecule has 1 N–H and O–H groups in total. The van der Waals surface area contributed by atoms with Gasteiger partial charge in [0, 0.05) is 18.2 Å². The van der Waals surface area contributed by atoms with Crippen molar-refractivity contribution in [2.75, 3.05) is 5.32 Å². The first-order chi connectivity index (χ1) is 12.4. The number of amides is 1. The molecule has 136 valence electrons. The zero-order valence-electron chi connectivity index (χ0n) is 15.2. The predicted octanol–water partition coefficient (Wildman–Crippen LogP) is 3.95. The number of carbonyl (C=O) groups excluding carboxylic acids is 3. The van der Waals surface area contributed by atoms with Crippen LogP contribution in [0, 0.1) is 0 Å². The van der Waals surface area contributed by atoms with Gasteiger partial charge in [0.05, 0.1) is 5.92 Å². The molecule has 0 aliphatic carbocycles. The molecule has 0 heterocycles. The maximum atomic E-state index is 12.5. The van der Waals surface area contributed by atoms with Crippen LogP contribution in [0.15, 0.2) is 54.6 Å². The van der Waals surface area contributed by atoms with E-state index in [1.807, 2.05) is 37.3 Å². The molecule has 2 atom stereocenters. The van der Waals surface area contributed by atoms with E-state index in [0.29, 0.717) is 17.7 Å². The lowest BCUT2D eigenvalue weighted by molar-refractivity contribution is -0.148. The van der Waals surface area contributed by atoms with Gasteiger partial charge in [0.15, 0.2) is 6.10 Å². The van der Waals surface area contributed by atoms with Gasteiger partial charge in [-0.25, -0.2) is 0 Å². The van der Waals surface area contributed by atoms with E-state index in [1.54, 1.807) is 31.2 Å². The van der Waals surface area contributed by atoms with Crippen LogP contribution in [-0.4, -0.2) is 23.8 Å². The van der Waals surface area contributed by atoms with E-state index in [9.17, 15) is 14.4 Å². The molecule has 2 aromatic rings. The second-order valence-corrected chi connectivity index (χ2v) is 6.07. The Morgan fingerprint density at radius 3 is 2.15 bits per heavy atom. The van der Waals surface area contributed by atoms with E-state index in [1.165, 1.54) is 6.92 Å². The van der Waals surface area contributed by atoms with Gasteiger partial charge in [0.1, 0.15) is 0 Å². The third-order valence-corrected chi connectivity index (χ3v) is 4.05. The lowest BCUT2D eigenvalue weighted by Gasteiger charge is -2.18. The fourth-order valence-electron chi connectivity index (χ4n) is 2.69. The van der Waals surface area contributed by atoms with Crippen LogP contribution in [0.4, 0.5) is 5.69 Å². The summed E-state index contributed by atoms with van der Waals surface area (Å²) in [4.78, 5) is 36.0. The van der Waals surface area contributed by atoms with Crippen molar-refractivity contribution in [2.24, 2.45) is 0 Å². The Morgan fingerprint density at radius 2 is 1.62 bits per heavy atom. The predicted molar refractivity (Wildman–Crippen MR) is 100 cm³/mol. The summed E-state index contributed by atoms with van der Waals surface area (Å²) in [5.41, 5.74) is 1.90. The van der Waals surface area contributed by atoms with Crippen molar-refractivity contribution in [1.82, 2.24) is 0 Å². The zero-order valence-corrected chi connectivity index (χ0v) is 15.2. The number of carbonyl (C=O) groups is 3. The van der Waals surface area contributed by atoms with Crippen LogP contribution in [0.5, 0.6) is 0 Å². The number of rotatable bonds is 7. The lowest BCUT2D eigenvalue weighted by Crippen LogP contribution is -2.27. The first kappa shape index (κ1) is 19.4. The molecule has 0 aliphatic heterocycles. The smallest absolute Gasteiger partial charge is 0.314 e. The van der Waals surface area contributed by atoms with Crippen LogP contribution in [0.1, 0.15) is 49.0 Å². The van der Waals surface area contributed by atoms with Crippen LogP contribution in [0.25, 0.3) is 0 Å². The van der Waals surface area contributed by atoms with Gasteiger partial charge in [-0.15, -0.1) is 0 Å². The highest BCUT2D eigenvalue weighted by atomic mass is 16.5. The number of anilines is 1. The Kier molecular flexibility index (Phi) is 6.67. The Labute approximate surface area is 153 Å². The highest BCUT2D eigenvalue weighted by molar-refractivity contribution is 6.01. The molecule has 0 fully saturated rings. The van der Waals surface area contributed by atoms with Gasteiger partial charge in [0.2, 0.25) is 11.7 Å². The third kappa shape index (κ3) is 5.02. The van der Waals surface area contributed by atoms with Gasteiger partial charge in [-0.3, -0.25) is 14.4 Å². The largest absolute Gasteiger partial charge is 0.454 e. The summed E-state index contributed by atoms with van der Waals surface area (Å²) in [7, 11) is 0. The minimum Gasteiger partial charge on any atom is -0.454 e. The normalized spacial score (nSPS) is 12.7. The summed E-state index contributed by atoms with van der Waals surface area (Å²) in [6.45, 7) is 4.89. The maximum Gasteiger partial charge on any atom is 0.314 e. The van der Waals surface area contributed by atoms with E-state index in [0.717, 1.165) is 5.56 Å². The Bertz CT molecular complexity index is 768. The van der Waals surface area contributed by atoms with Crippen molar-refractivity contribution in [2.45, 2.75) is 39.2 Å². The first-order valence-corrected chi connectivity index (χ1v) is 8.59. The van der Waals surface area contributed by atoms with Crippen LogP contribution in [0.3, 0.4) is 0 Å². The Hall–Kier alpha value is -2.95. The van der Waals surface area contributed by atoms with Gasteiger partial charge in [-0.2, -0.15) is 0 Å². The number of Topliss-reactive ketones (excluding diaryl/α,β-unsaturated/α-hetero) is 1. The summed E-state index contributed by atoms with van der Waals surface area (Å²) in [6, 6.07) is 15.9.